The second-order valence-electron chi connectivity index (χ2n) is 5.77. The number of amides is 1. The molecule has 1 aliphatic heterocycles. The zero-order valence-corrected chi connectivity index (χ0v) is 12.8. The largest absolute Gasteiger partial charge is 0.352 e. The average Bonchev–Trinajstić information content (AvgIpc) is 3.00. The fraction of sp³-hybridized carbons (Fsp3) is 0.917. The van der Waals surface area contributed by atoms with E-state index in [1.54, 1.807) is 0 Å². The van der Waals surface area contributed by atoms with Gasteiger partial charge in [-0.1, -0.05) is 0 Å². The van der Waals surface area contributed by atoms with Crippen molar-refractivity contribution in [1.29, 1.82) is 0 Å². The van der Waals surface area contributed by atoms with Crippen LogP contribution >= 0.6 is 24.8 Å². The van der Waals surface area contributed by atoms with Crippen LogP contribution in [0.25, 0.3) is 0 Å². The molecule has 2 fully saturated rings. The van der Waals surface area contributed by atoms with Gasteiger partial charge in [0.05, 0.1) is 5.41 Å². The predicted octanol–water partition coefficient (Wildman–Crippen LogP) is 1.17. The van der Waals surface area contributed by atoms with Crippen molar-refractivity contribution in [2.45, 2.75) is 45.2 Å². The average molecular weight is 298 g/mol. The molecule has 0 bridgehead atoms. The van der Waals surface area contributed by atoms with Crippen LogP contribution in [-0.4, -0.2) is 42.5 Å². The summed E-state index contributed by atoms with van der Waals surface area (Å²) in [5, 5.41) is 3.12. The van der Waals surface area contributed by atoms with Crippen LogP contribution in [0.2, 0.25) is 0 Å². The van der Waals surface area contributed by atoms with E-state index in [9.17, 15) is 4.79 Å². The van der Waals surface area contributed by atoms with Crippen molar-refractivity contribution in [3.63, 3.8) is 0 Å². The number of hydrogen-bond donors (Lipinski definition) is 2. The molecule has 0 radical (unpaired) electrons. The topological polar surface area (TPSA) is 58.4 Å². The van der Waals surface area contributed by atoms with Gasteiger partial charge in [0.25, 0.3) is 0 Å². The highest BCUT2D eigenvalue weighted by atomic mass is 35.5. The van der Waals surface area contributed by atoms with Crippen molar-refractivity contribution < 1.29 is 4.79 Å². The quantitative estimate of drug-likeness (QED) is 0.819. The van der Waals surface area contributed by atoms with Crippen LogP contribution in [0.1, 0.15) is 33.1 Å². The molecule has 1 atom stereocenters. The third-order valence-electron chi connectivity index (χ3n) is 3.74. The number of hydrogen-bond acceptors (Lipinski definition) is 3. The van der Waals surface area contributed by atoms with Gasteiger partial charge in [-0.3, -0.25) is 9.69 Å². The zero-order valence-electron chi connectivity index (χ0n) is 11.1. The molecule has 108 valence electrons. The fourth-order valence-corrected chi connectivity index (χ4v) is 2.15. The molecule has 2 aliphatic rings. The third kappa shape index (κ3) is 4.26. The molecular formula is C12H25Cl2N3O. The first-order chi connectivity index (χ1) is 7.53. The van der Waals surface area contributed by atoms with Crippen molar-refractivity contribution in [3.05, 3.63) is 0 Å². The number of halogens is 2. The van der Waals surface area contributed by atoms with Crippen LogP contribution < -0.4 is 11.1 Å². The maximum Gasteiger partial charge on any atom is 0.227 e. The van der Waals surface area contributed by atoms with Gasteiger partial charge in [0.1, 0.15) is 0 Å². The summed E-state index contributed by atoms with van der Waals surface area (Å²) < 4.78 is 0. The second kappa shape index (κ2) is 6.94. The van der Waals surface area contributed by atoms with E-state index in [1.165, 1.54) is 12.8 Å². The summed E-state index contributed by atoms with van der Waals surface area (Å²) in [4.78, 5) is 14.4. The number of nitrogens with one attached hydrogen (secondary N) is 1. The molecule has 1 amide bonds. The van der Waals surface area contributed by atoms with Crippen LogP contribution in [-0.2, 0) is 4.79 Å². The minimum Gasteiger partial charge on any atom is -0.352 e. The first kappa shape index (κ1) is 18.0. The summed E-state index contributed by atoms with van der Waals surface area (Å²) in [5.74, 6) is 0.0950. The molecule has 0 aromatic rings. The molecule has 3 N–H and O–H groups in total. The Kier molecular flexibility index (Phi) is 6.93. The van der Waals surface area contributed by atoms with Crippen molar-refractivity contribution in [2.24, 2.45) is 11.1 Å². The van der Waals surface area contributed by atoms with Gasteiger partial charge in [0.2, 0.25) is 5.91 Å². The van der Waals surface area contributed by atoms with E-state index in [1.807, 2.05) is 13.8 Å². The smallest absolute Gasteiger partial charge is 0.227 e. The van der Waals surface area contributed by atoms with Crippen LogP contribution in [0, 0.1) is 5.41 Å². The highest BCUT2D eigenvalue weighted by Gasteiger charge is 2.36. The Bertz CT molecular complexity index is 282. The van der Waals surface area contributed by atoms with E-state index in [2.05, 4.69) is 10.2 Å². The van der Waals surface area contributed by atoms with Crippen LogP contribution in [0.3, 0.4) is 0 Å². The standard InChI is InChI=1S/C12H23N3O.2ClH/c1-12(2,8-13)11(16)14-9-5-6-15(7-9)10-3-4-10;;/h9-10H,3-8,13H2,1-2H3,(H,14,16);2*1H. The van der Waals surface area contributed by atoms with E-state index in [0.717, 1.165) is 25.6 Å². The highest BCUT2D eigenvalue weighted by molar-refractivity contribution is 5.85. The van der Waals surface area contributed by atoms with E-state index >= 15 is 0 Å². The van der Waals surface area contributed by atoms with Crippen LogP contribution in [0.5, 0.6) is 0 Å². The van der Waals surface area contributed by atoms with E-state index in [-0.39, 0.29) is 30.7 Å². The van der Waals surface area contributed by atoms with Crippen molar-refractivity contribution in [3.8, 4) is 0 Å². The Morgan fingerprint density at radius 3 is 2.44 bits per heavy atom. The lowest BCUT2D eigenvalue weighted by Crippen LogP contribution is -2.47. The lowest BCUT2D eigenvalue weighted by Gasteiger charge is -2.24. The molecule has 0 aromatic heterocycles. The van der Waals surface area contributed by atoms with Crippen LogP contribution in [0.4, 0.5) is 0 Å². The first-order valence-corrected chi connectivity index (χ1v) is 6.28. The lowest BCUT2D eigenvalue weighted by molar-refractivity contribution is -0.129. The summed E-state index contributed by atoms with van der Waals surface area (Å²) in [5.41, 5.74) is 5.16. The summed E-state index contributed by atoms with van der Waals surface area (Å²) in [6.07, 6.45) is 3.77. The van der Waals surface area contributed by atoms with Gasteiger partial charge < -0.3 is 11.1 Å². The maximum absolute atomic E-state index is 11.9. The summed E-state index contributed by atoms with van der Waals surface area (Å²) in [6, 6.07) is 1.14. The summed E-state index contributed by atoms with van der Waals surface area (Å²) >= 11 is 0. The van der Waals surface area contributed by atoms with Crippen molar-refractivity contribution in [1.82, 2.24) is 10.2 Å². The molecule has 1 saturated carbocycles. The van der Waals surface area contributed by atoms with Crippen molar-refractivity contribution in [2.75, 3.05) is 19.6 Å². The molecule has 1 aliphatic carbocycles. The van der Waals surface area contributed by atoms with Crippen LogP contribution in [0.15, 0.2) is 0 Å². The van der Waals surface area contributed by atoms with Gasteiger partial charge in [0, 0.05) is 31.7 Å². The second-order valence-corrected chi connectivity index (χ2v) is 5.77. The molecule has 0 spiro atoms. The fourth-order valence-electron chi connectivity index (χ4n) is 2.15. The van der Waals surface area contributed by atoms with E-state index in [4.69, 9.17) is 5.73 Å². The minimum atomic E-state index is -0.437. The minimum absolute atomic E-state index is 0. The zero-order chi connectivity index (χ0) is 11.8. The molecule has 4 nitrogen and oxygen atoms in total. The highest BCUT2D eigenvalue weighted by Crippen LogP contribution is 2.30. The summed E-state index contributed by atoms with van der Waals surface area (Å²) in [7, 11) is 0. The molecular weight excluding hydrogens is 273 g/mol. The predicted molar refractivity (Wildman–Crippen MR) is 78.5 cm³/mol. The number of carbonyl (C=O) groups is 1. The SMILES string of the molecule is CC(C)(CN)C(=O)NC1CCN(C2CC2)C1.Cl.Cl. The number of nitrogens with zero attached hydrogens (tertiary/aromatic N) is 1. The Morgan fingerprint density at radius 1 is 1.33 bits per heavy atom. The lowest BCUT2D eigenvalue weighted by atomic mass is 9.92. The Hall–Kier alpha value is -0.0300. The monoisotopic (exact) mass is 297 g/mol. The first-order valence-electron chi connectivity index (χ1n) is 6.28. The number of likely N-dealkylation sites (tertiary alicyclic amines) is 1. The Labute approximate surface area is 122 Å². The molecule has 0 aromatic carbocycles. The van der Waals surface area contributed by atoms with Gasteiger partial charge in [-0.2, -0.15) is 0 Å². The molecule has 6 heteroatoms. The van der Waals surface area contributed by atoms with Crippen molar-refractivity contribution >= 4 is 30.7 Å². The van der Waals surface area contributed by atoms with Gasteiger partial charge in [-0.15, -0.1) is 24.8 Å². The Balaban J connectivity index is 0.00000144. The number of nitrogens with two attached hydrogens (primary N) is 1. The van der Waals surface area contributed by atoms with Gasteiger partial charge in [0.15, 0.2) is 0 Å². The maximum atomic E-state index is 11.9. The molecule has 1 saturated heterocycles. The van der Waals surface area contributed by atoms with E-state index < -0.39 is 5.41 Å². The number of carbonyl (C=O) groups excluding carboxylic acids is 1. The van der Waals surface area contributed by atoms with Gasteiger partial charge >= 0.3 is 0 Å². The third-order valence-corrected chi connectivity index (χ3v) is 3.74. The summed E-state index contributed by atoms with van der Waals surface area (Å²) in [6.45, 7) is 6.36. The molecule has 1 unspecified atom stereocenters. The van der Waals surface area contributed by atoms with Gasteiger partial charge in [-0.25, -0.2) is 0 Å². The molecule has 18 heavy (non-hydrogen) atoms. The van der Waals surface area contributed by atoms with Gasteiger partial charge in [-0.05, 0) is 33.1 Å². The molecule has 1 heterocycles. The molecule has 2 rings (SSSR count). The number of rotatable bonds is 4. The Morgan fingerprint density at radius 2 is 1.94 bits per heavy atom. The normalized spacial score (nSPS) is 24.1. The van der Waals surface area contributed by atoms with E-state index in [0.29, 0.717) is 12.6 Å².